The maximum atomic E-state index is 12.9. The van der Waals surface area contributed by atoms with Crippen molar-refractivity contribution in [1.29, 1.82) is 0 Å². The van der Waals surface area contributed by atoms with E-state index in [2.05, 4.69) is 15.6 Å². The first kappa shape index (κ1) is 23.9. The van der Waals surface area contributed by atoms with Crippen molar-refractivity contribution in [2.75, 3.05) is 12.4 Å². The number of carbonyl (C=O) groups is 2. The molecule has 0 fully saturated rings. The number of para-hydroxylation sites is 1. The summed E-state index contributed by atoms with van der Waals surface area (Å²) in [7, 11) is 1.73. The number of aromatic nitrogens is 1. The van der Waals surface area contributed by atoms with Crippen molar-refractivity contribution >= 4 is 28.5 Å². The Morgan fingerprint density at radius 2 is 1.57 bits per heavy atom. The third kappa shape index (κ3) is 6.22. The van der Waals surface area contributed by atoms with Crippen molar-refractivity contribution in [3.8, 4) is 5.75 Å². The summed E-state index contributed by atoms with van der Waals surface area (Å²) >= 11 is 0. The number of nitrogens with zero attached hydrogens (tertiary/aromatic N) is 1. The van der Waals surface area contributed by atoms with E-state index in [1.165, 1.54) is 0 Å². The van der Waals surface area contributed by atoms with Crippen LogP contribution in [-0.4, -0.2) is 29.9 Å². The van der Waals surface area contributed by atoms with Crippen LogP contribution in [0.15, 0.2) is 84.9 Å². The number of rotatable bonds is 9. The minimum atomic E-state index is -0.550. The van der Waals surface area contributed by atoms with Crippen molar-refractivity contribution in [3.63, 3.8) is 0 Å². The zero-order valence-electron chi connectivity index (χ0n) is 19.7. The van der Waals surface area contributed by atoms with Crippen molar-refractivity contribution in [2.45, 2.75) is 26.2 Å². The lowest BCUT2D eigenvalue weighted by Crippen LogP contribution is -2.35. The van der Waals surface area contributed by atoms with E-state index in [4.69, 9.17) is 9.47 Å². The fourth-order valence-corrected chi connectivity index (χ4v) is 3.37. The molecule has 0 spiro atoms. The van der Waals surface area contributed by atoms with E-state index < -0.39 is 5.97 Å². The number of fused-ring (bicyclic) bond motifs is 1. The molecule has 0 aliphatic carbocycles. The highest BCUT2D eigenvalue weighted by molar-refractivity contribution is 5.95. The van der Waals surface area contributed by atoms with Gasteiger partial charge < -0.3 is 20.1 Å². The number of ether oxygens (including phenoxy) is 2. The van der Waals surface area contributed by atoms with Crippen LogP contribution in [0.2, 0.25) is 0 Å². The lowest BCUT2D eigenvalue weighted by Gasteiger charge is -2.13. The molecule has 35 heavy (non-hydrogen) atoms. The summed E-state index contributed by atoms with van der Waals surface area (Å²) in [6, 6.07) is 25.9. The molecule has 1 aromatic heterocycles. The Bertz CT molecular complexity index is 1310. The van der Waals surface area contributed by atoms with Crippen molar-refractivity contribution in [1.82, 2.24) is 10.3 Å². The second-order valence-corrected chi connectivity index (χ2v) is 8.07. The van der Waals surface area contributed by atoms with Gasteiger partial charge in [0, 0.05) is 11.1 Å². The molecule has 0 aliphatic heterocycles. The summed E-state index contributed by atoms with van der Waals surface area (Å²) in [5.41, 5.74) is 3.27. The van der Waals surface area contributed by atoms with Crippen LogP contribution >= 0.6 is 0 Å². The van der Waals surface area contributed by atoms with Crippen LogP contribution in [-0.2, 0) is 22.7 Å². The zero-order valence-corrected chi connectivity index (χ0v) is 19.7. The number of likely N-dealkylation sites (N-methyl/N-ethyl adjacent to an activating group) is 1. The molecule has 2 N–H and O–H groups in total. The fourth-order valence-electron chi connectivity index (χ4n) is 3.37. The molecule has 4 rings (SSSR count). The van der Waals surface area contributed by atoms with Gasteiger partial charge in [-0.25, -0.2) is 9.78 Å². The number of pyridine rings is 1. The van der Waals surface area contributed by atoms with E-state index in [1.54, 1.807) is 20.0 Å². The number of amides is 1. The van der Waals surface area contributed by atoms with Gasteiger partial charge in [-0.1, -0.05) is 60.7 Å². The molecule has 0 aliphatic rings. The summed E-state index contributed by atoms with van der Waals surface area (Å²) in [4.78, 5) is 29.5. The first-order valence-corrected chi connectivity index (χ1v) is 11.3. The number of anilines is 1. The van der Waals surface area contributed by atoms with Crippen LogP contribution in [0.3, 0.4) is 0 Å². The van der Waals surface area contributed by atoms with Gasteiger partial charge in [0.15, 0.2) is 11.4 Å². The first-order chi connectivity index (χ1) is 17.0. The standard InChI is InChI=1S/C28H27N3O4/c1-19(29-2)27(32)30-23-14-12-21(13-15-23)17-34-25-16-22-10-6-7-11-24(22)31-26(25)28(33)35-18-20-8-4-3-5-9-20/h3-16,19,29H,17-18H2,1-2H3,(H,30,32). The van der Waals surface area contributed by atoms with Crippen molar-refractivity contribution in [3.05, 3.63) is 102 Å². The largest absolute Gasteiger partial charge is 0.486 e. The summed E-state index contributed by atoms with van der Waals surface area (Å²) in [5.74, 6) is -0.314. The van der Waals surface area contributed by atoms with Gasteiger partial charge in [0.05, 0.1) is 11.6 Å². The Labute approximate surface area is 204 Å². The Balaban J connectivity index is 1.48. The molecule has 0 saturated carbocycles. The third-order valence-electron chi connectivity index (χ3n) is 5.54. The van der Waals surface area contributed by atoms with Crippen LogP contribution in [0.5, 0.6) is 5.75 Å². The molecule has 4 aromatic rings. The van der Waals surface area contributed by atoms with Gasteiger partial charge in [0.1, 0.15) is 13.2 Å². The normalized spacial score (nSPS) is 11.6. The predicted molar refractivity (Wildman–Crippen MR) is 135 cm³/mol. The summed E-state index contributed by atoms with van der Waals surface area (Å²) in [6.07, 6.45) is 0. The number of nitrogens with one attached hydrogen (secondary N) is 2. The van der Waals surface area contributed by atoms with E-state index in [9.17, 15) is 9.59 Å². The molecule has 178 valence electrons. The molecule has 7 nitrogen and oxygen atoms in total. The maximum absolute atomic E-state index is 12.9. The predicted octanol–water partition coefficient (Wildman–Crippen LogP) is 4.72. The lowest BCUT2D eigenvalue weighted by atomic mass is 10.2. The van der Waals surface area contributed by atoms with Crippen molar-refractivity contribution in [2.24, 2.45) is 0 Å². The topological polar surface area (TPSA) is 89.5 Å². The molecule has 1 atom stereocenters. The van der Waals surface area contributed by atoms with Gasteiger partial charge in [-0.3, -0.25) is 4.79 Å². The Hall–Kier alpha value is -4.23. The minimum absolute atomic E-state index is 0.114. The van der Waals surface area contributed by atoms with Gasteiger partial charge in [0.25, 0.3) is 0 Å². The van der Waals surface area contributed by atoms with E-state index >= 15 is 0 Å². The van der Waals surface area contributed by atoms with E-state index in [0.717, 1.165) is 16.5 Å². The van der Waals surface area contributed by atoms with Gasteiger partial charge >= 0.3 is 5.97 Å². The monoisotopic (exact) mass is 469 g/mol. The molecule has 0 radical (unpaired) electrons. The number of carbonyl (C=O) groups excluding carboxylic acids is 2. The molecule has 0 bridgehead atoms. The summed E-state index contributed by atoms with van der Waals surface area (Å²) in [6.45, 7) is 2.16. The Morgan fingerprint density at radius 3 is 2.31 bits per heavy atom. The molecular weight excluding hydrogens is 442 g/mol. The molecule has 1 amide bonds. The quantitative estimate of drug-likeness (QED) is 0.345. The fraction of sp³-hybridized carbons (Fsp3) is 0.179. The highest BCUT2D eigenvalue weighted by Crippen LogP contribution is 2.25. The van der Waals surface area contributed by atoms with Gasteiger partial charge in [0.2, 0.25) is 5.91 Å². The van der Waals surface area contributed by atoms with Crippen LogP contribution < -0.4 is 15.4 Å². The number of hydrogen-bond donors (Lipinski definition) is 2. The highest BCUT2D eigenvalue weighted by atomic mass is 16.5. The van der Waals surface area contributed by atoms with Crippen LogP contribution in [0.1, 0.15) is 28.5 Å². The average molecular weight is 470 g/mol. The second-order valence-electron chi connectivity index (χ2n) is 8.07. The minimum Gasteiger partial charge on any atom is -0.486 e. The van der Waals surface area contributed by atoms with E-state index in [1.807, 2.05) is 78.9 Å². The third-order valence-corrected chi connectivity index (χ3v) is 5.54. The van der Waals surface area contributed by atoms with Gasteiger partial charge in [-0.05, 0) is 49.4 Å². The SMILES string of the molecule is CNC(C)C(=O)Nc1ccc(COc2cc3ccccc3nc2C(=O)OCc2ccccc2)cc1. The highest BCUT2D eigenvalue weighted by Gasteiger charge is 2.18. The molecular formula is C28H27N3O4. The second kappa shape index (κ2) is 11.3. The molecule has 7 heteroatoms. The van der Waals surface area contributed by atoms with E-state index in [0.29, 0.717) is 17.0 Å². The van der Waals surface area contributed by atoms with Crippen molar-refractivity contribution < 1.29 is 19.1 Å². The smallest absolute Gasteiger partial charge is 0.361 e. The Morgan fingerprint density at radius 1 is 0.886 bits per heavy atom. The molecule has 0 saturated heterocycles. The molecule has 1 unspecified atom stereocenters. The van der Waals surface area contributed by atoms with Crippen LogP contribution in [0.4, 0.5) is 5.69 Å². The summed E-state index contributed by atoms with van der Waals surface area (Å²) in [5, 5.41) is 6.62. The maximum Gasteiger partial charge on any atom is 0.361 e. The van der Waals surface area contributed by atoms with Crippen LogP contribution in [0, 0.1) is 0 Å². The zero-order chi connectivity index (χ0) is 24.6. The lowest BCUT2D eigenvalue weighted by molar-refractivity contribution is -0.117. The number of esters is 1. The van der Waals surface area contributed by atoms with Crippen LogP contribution in [0.25, 0.3) is 10.9 Å². The van der Waals surface area contributed by atoms with Gasteiger partial charge in [-0.15, -0.1) is 0 Å². The van der Waals surface area contributed by atoms with E-state index in [-0.39, 0.29) is 30.9 Å². The molecule has 3 aromatic carbocycles. The first-order valence-electron chi connectivity index (χ1n) is 11.3. The average Bonchev–Trinajstić information content (AvgIpc) is 2.90. The molecule has 1 heterocycles. The Kier molecular flexibility index (Phi) is 7.70. The number of hydrogen-bond acceptors (Lipinski definition) is 6. The summed E-state index contributed by atoms with van der Waals surface area (Å²) < 4.78 is 11.5. The number of benzene rings is 3. The van der Waals surface area contributed by atoms with Gasteiger partial charge in [-0.2, -0.15) is 0 Å².